The third-order valence-corrected chi connectivity index (χ3v) is 2.55. The average molecular weight is 232 g/mol. The Morgan fingerprint density at radius 3 is 3.00 bits per heavy atom. The Labute approximate surface area is 95.6 Å². The van der Waals surface area contributed by atoms with Crippen LogP contribution in [0.5, 0.6) is 0 Å². The van der Waals surface area contributed by atoms with Crippen molar-refractivity contribution in [3.63, 3.8) is 0 Å². The molecule has 0 unspecified atom stereocenters. The van der Waals surface area contributed by atoms with Crippen LogP contribution in [-0.4, -0.2) is 14.7 Å². The number of hydrogen-bond donors (Lipinski definition) is 1. The highest BCUT2D eigenvalue weighted by Crippen LogP contribution is 2.20. The largest absolute Gasteiger partial charge is 0.369 e. The molecular weight excluding hydrogens is 223 g/mol. The Kier molecular flexibility index (Phi) is 2.07. The van der Waals surface area contributed by atoms with Crippen molar-refractivity contribution >= 4 is 17.0 Å². The first-order chi connectivity index (χ1) is 8.24. The van der Waals surface area contributed by atoms with Crippen LogP contribution in [0.3, 0.4) is 0 Å². The first-order valence-electron chi connectivity index (χ1n) is 5.05. The second kappa shape index (κ2) is 3.58. The molecule has 6 heteroatoms. The second-order valence-electron chi connectivity index (χ2n) is 3.67. The maximum absolute atomic E-state index is 13.0. The van der Waals surface area contributed by atoms with Gasteiger partial charge in [0.05, 0.1) is 23.8 Å². The molecule has 0 spiro atoms. The van der Waals surface area contributed by atoms with Crippen LogP contribution in [0.2, 0.25) is 0 Å². The molecule has 0 radical (unpaired) electrons. The van der Waals surface area contributed by atoms with Crippen LogP contribution in [0.15, 0.2) is 35.0 Å². The lowest BCUT2D eigenvalue weighted by Gasteiger charge is -2.02. The zero-order valence-electron chi connectivity index (χ0n) is 8.80. The van der Waals surface area contributed by atoms with Gasteiger partial charge >= 0.3 is 0 Å². The van der Waals surface area contributed by atoms with Crippen LogP contribution in [0, 0.1) is 5.82 Å². The number of rotatable bonds is 2. The summed E-state index contributed by atoms with van der Waals surface area (Å²) >= 11 is 0. The number of fused-ring (bicyclic) bond motifs is 1. The molecule has 2 heterocycles. The third kappa shape index (κ3) is 1.63. The smallest absolute Gasteiger partial charge is 0.201 e. The Hall–Kier alpha value is -2.37. The van der Waals surface area contributed by atoms with Gasteiger partial charge in [-0.3, -0.25) is 0 Å². The average Bonchev–Trinajstić information content (AvgIpc) is 2.88. The van der Waals surface area contributed by atoms with Crippen LogP contribution < -0.4 is 5.73 Å². The zero-order chi connectivity index (χ0) is 11.8. The predicted octanol–water partition coefficient (Wildman–Crippen LogP) is 1.79. The maximum atomic E-state index is 13.0. The molecule has 2 aromatic heterocycles. The van der Waals surface area contributed by atoms with Crippen molar-refractivity contribution < 1.29 is 8.91 Å². The van der Waals surface area contributed by atoms with Gasteiger partial charge in [0.15, 0.2) is 5.76 Å². The molecule has 0 bridgehead atoms. The topological polar surface area (TPSA) is 69.9 Å². The normalized spacial score (nSPS) is 11.1. The van der Waals surface area contributed by atoms with Gasteiger partial charge in [-0.05, 0) is 12.1 Å². The van der Waals surface area contributed by atoms with Gasteiger partial charge in [-0.25, -0.2) is 9.37 Å². The molecule has 0 fully saturated rings. The van der Waals surface area contributed by atoms with Crippen molar-refractivity contribution in [2.75, 3.05) is 5.73 Å². The Balaban J connectivity index is 2.12. The van der Waals surface area contributed by atoms with E-state index in [4.69, 9.17) is 10.3 Å². The van der Waals surface area contributed by atoms with Gasteiger partial charge in [0.2, 0.25) is 5.95 Å². The summed E-state index contributed by atoms with van der Waals surface area (Å²) in [7, 11) is 0. The van der Waals surface area contributed by atoms with Gasteiger partial charge in [0, 0.05) is 12.1 Å². The molecule has 0 atom stereocenters. The van der Waals surface area contributed by atoms with E-state index in [1.54, 1.807) is 22.9 Å². The van der Waals surface area contributed by atoms with Gasteiger partial charge in [0.1, 0.15) is 5.82 Å². The number of halogens is 1. The van der Waals surface area contributed by atoms with Crippen molar-refractivity contribution in [3.05, 3.63) is 42.0 Å². The van der Waals surface area contributed by atoms with E-state index in [0.29, 0.717) is 23.8 Å². The molecule has 0 aliphatic carbocycles. The second-order valence-corrected chi connectivity index (χ2v) is 3.67. The summed E-state index contributed by atoms with van der Waals surface area (Å²) in [5.41, 5.74) is 7.08. The standard InChI is InChI=1S/C11H9FN4O/c12-7-1-2-10-9(5-7)15-11(13)16(10)6-8-3-4-14-17-8/h1-5H,6H2,(H2,13,15). The molecular formula is C11H9FN4O. The lowest BCUT2D eigenvalue weighted by Crippen LogP contribution is -2.03. The van der Waals surface area contributed by atoms with Gasteiger partial charge in [-0.2, -0.15) is 0 Å². The lowest BCUT2D eigenvalue weighted by molar-refractivity contribution is 0.378. The molecule has 5 nitrogen and oxygen atoms in total. The molecule has 0 aliphatic heterocycles. The summed E-state index contributed by atoms with van der Waals surface area (Å²) in [6.45, 7) is 0.425. The maximum Gasteiger partial charge on any atom is 0.201 e. The van der Waals surface area contributed by atoms with Crippen LogP contribution in [-0.2, 0) is 6.54 Å². The fourth-order valence-corrected chi connectivity index (χ4v) is 1.77. The number of aromatic nitrogens is 3. The van der Waals surface area contributed by atoms with E-state index >= 15 is 0 Å². The summed E-state index contributed by atoms with van der Waals surface area (Å²) in [6.07, 6.45) is 1.56. The summed E-state index contributed by atoms with van der Waals surface area (Å²) in [5, 5.41) is 3.62. The van der Waals surface area contributed by atoms with Crippen molar-refractivity contribution in [1.29, 1.82) is 0 Å². The lowest BCUT2D eigenvalue weighted by atomic mass is 10.3. The molecule has 0 saturated carbocycles. The number of anilines is 1. The van der Waals surface area contributed by atoms with Crippen molar-refractivity contribution in [3.8, 4) is 0 Å². The van der Waals surface area contributed by atoms with Gasteiger partial charge < -0.3 is 14.8 Å². The third-order valence-electron chi connectivity index (χ3n) is 2.55. The molecule has 0 aliphatic rings. The van der Waals surface area contributed by atoms with Crippen molar-refractivity contribution in [2.45, 2.75) is 6.54 Å². The van der Waals surface area contributed by atoms with E-state index in [9.17, 15) is 4.39 Å². The van der Waals surface area contributed by atoms with Crippen molar-refractivity contribution in [1.82, 2.24) is 14.7 Å². The van der Waals surface area contributed by atoms with Crippen LogP contribution in [0.1, 0.15) is 5.76 Å². The van der Waals surface area contributed by atoms with E-state index in [1.807, 2.05) is 0 Å². The monoisotopic (exact) mass is 232 g/mol. The van der Waals surface area contributed by atoms with Gasteiger partial charge in [-0.1, -0.05) is 5.16 Å². The minimum atomic E-state index is -0.332. The minimum absolute atomic E-state index is 0.321. The molecule has 0 saturated heterocycles. The van der Waals surface area contributed by atoms with Crippen LogP contribution in [0.25, 0.3) is 11.0 Å². The summed E-state index contributed by atoms with van der Waals surface area (Å²) in [4.78, 5) is 4.09. The molecule has 0 amide bonds. The number of nitrogen functional groups attached to an aromatic ring is 1. The molecule has 1 aromatic carbocycles. The minimum Gasteiger partial charge on any atom is -0.369 e. The van der Waals surface area contributed by atoms with Crippen molar-refractivity contribution in [2.24, 2.45) is 0 Å². The van der Waals surface area contributed by atoms with Gasteiger partial charge in [0.25, 0.3) is 0 Å². The van der Waals surface area contributed by atoms with E-state index in [1.165, 1.54) is 12.1 Å². The molecule has 2 N–H and O–H groups in total. The Morgan fingerprint density at radius 1 is 1.35 bits per heavy atom. The van der Waals surface area contributed by atoms with E-state index < -0.39 is 0 Å². The van der Waals surface area contributed by atoms with E-state index in [2.05, 4.69) is 10.1 Å². The highest BCUT2D eigenvalue weighted by Gasteiger charge is 2.10. The highest BCUT2D eigenvalue weighted by molar-refractivity contribution is 5.78. The first kappa shape index (κ1) is 9.83. The van der Waals surface area contributed by atoms with Gasteiger partial charge in [-0.15, -0.1) is 0 Å². The number of nitrogens with zero attached hydrogens (tertiary/aromatic N) is 3. The van der Waals surface area contributed by atoms with Crippen LogP contribution >= 0.6 is 0 Å². The zero-order valence-corrected chi connectivity index (χ0v) is 8.80. The molecule has 3 rings (SSSR count). The summed E-state index contributed by atoms with van der Waals surface area (Å²) in [5.74, 6) is 0.657. The fourth-order valence-electron chi connectivity index (χ4n) is 1.77. The quantitative estimate of drug-likeness (QED) is 0.731. The molecule has 3 aromatic rings. The van der Waals surface area contributed by atoms with E-state index in [-0.39, 0.29) is 5.82 Å². The number of imidazole rings is 1. The van der Waals surface area contributed by atoms with Crippen LogP contribution in [0.4, 0.5) is 10.3 Å². The summed E-state index contributed by atoms with van der Waals surface area (Å²) in [6, 6.07) is 6.11. The summed E-state index contributed by atoms with van der Waals surface area (Å²) < 4.78 is 19.8. The fraction of sp³-hybridized carbons (Fsp3) is 0.0909. The molecule has 86 valence electrons. The molecule has 17 heavy (non-hydrogen) atoms. The Bertz CT molecular complexity index is 659. The first-order valence-corrected chi connectivity index (χ1v) is 5.05. The van der Waals surface area contributed by atoms with E-state index in [0.717, 1.165) is 5.52 Å². The Morgan fingerprint density at radius 2 is 2.24 bits per heavy atom. The number of nitrogens with two attached hydrogens (primary N) is 1. The number of hydrogen-bond acceptors (Lipinski definition) is 4. The highest BCUT2D eigenvalue weighted by atomic mass is 19.1. The predicted molar refractivity (Wildman–Crippen MR) is 59.7 cm³/mol. The number of benzene rings is 1. The SMILES string of the molecule is Nc1nc2cc(F)ccc2n1Cc1ccno1.